The Labute approximate surface area is 250 Å². The molecule has 6 N–H and O–H groups in total. The van der Waals surface area contributed by atoms with Gasteiger partial charge >= 0.3 is 12.0 Å². The predicted octanol–water partition coefficient (Wildman–Crippen LogP) is 0.858. The second-order valence-electron chi connectivity index (χ2n) is 10.4. The average Bonchev–Trinajstić information content (AvgIpc) is 3.26. The minimum atomic E-state index is -0.995. The second kappa shape index (κ2) is 17.3. The predicted molar refractivity (Wildman–Crippen MR) is 156 cm³/mol. The van der Waals surface area contributed by atoms with Crippen molar-refractivity contribution < 1.29 is 38.3 Å². The highest BCUT2D eigenvalue weighted by atomic mass is 16.5. The summed E-state index contributed by atoms with van der Waals surface area (Å²) in [6, 6.07) is 4.00. The number of nitrogens with two attached hydrogens (primary N) is 1. The molecule has 1 heterocycles. The van der Waals surface area contributed by atoms with E-state index in [-0.39, 0.29) is 56.2 Å². The van der Waals surface area contributed by atoms with E-state index in [2.05, 4.69) is 21.3 Å². The fourth-order valence-electron chi connectivity index (χ4n) is 4.13. The summed E-state index contributed by atoms with van der Waals surface area (Å²) in [7, 11) is 0. The first-order chi connectivity index (χ1) is 20.4. The lowest BCUT2D eigenvalue weighted by Crippen LogP contribution is -2.54. The Hall–Kier alpha value is -4.75. The molecule has 234 valence electrons. The quantitative estimate of drug-likeness (QED) is 0.0982. The minimum Gasteiger partial charge on any atom is -0.461 e. The molecule has 14 heteroatoms. The number of primary amides is 1. The van der Waals surface area contributed by atoms with Crippen molar-refractivity contribution in [2.75, 3.05) is 18.4 Å². The number of nitrogens with one attached hydrogen (secondary N) is 4. The molecule has 1 aliphatic heterocycles. The van der Waals surface area contributed by atoms with Crippen molar-refractivity contribution >= 4 is 47.2 Å². The second-order valence-corrected chi connectivity index (χ2v) is 10.4. The van der Waals surface area contributed by atoms with Gasteiger partial charge in [-0.3, -0.25) is 33.7 Å². The Bertz CT molecular complexity index is 1200. The van der Waals surface area contributed by atoms with Gasteiger partial charge in [-0.1, -0.05) is 26.0 Å². The van der Waals surface area contributed by atoms with Gasteiger partial charge in [0.05, 0.1) is 0 Å². The summed E-state index contributed by atoms with van der Waals surface area (Å²) in [6.45, 7) is 5.29. The van der Waals surface area contributed by atoms with E-state index in [1.807, 2.05) is 0 Å². The maximum Gasteiger partial charge on any atom is 0.312 e. The zero-order valence-electron chi connectivity index (χ0n) is 24.6. The number of carbonyl (C=O) groups excluding carboxylic acids is 7. The lowest BCUT2D eigenvalue weighted by molar-refractivity contribution is -0.142. The van der Waals surface area contributed by atoms with Crippen LogP contribution >= 0.6 is 0 Å². The molecule has 0 radical (unpaired) electrons. The molecule has 0 bridgehead atoms. The number of esters is 1. The number of benzene rings is 1. The van der Waals surface area contributed by atoms with Crippen molar-refractivity contribution in [1.82, 2.24) is 20.9 Å². The van der Waals surface area contributed by atoms with Gasteiger partial charge in [0.15, 0.2) is 0 Å². The lowest BCUT2D eigenvalue weighted by atomic mass is 10.0. The molecular formula is C29H40N6O8. The van der Waals surface area contributed by atoms with E-state index < -0.39 is 35.9 Å². The molecule has 14 nitrogen and oxygen atoms in total. The van der Waals surface area contributed by atoms with Crippen molar-refractivity contribution in [1.29, 1.82) is 0 Å². The van der Waals surface area contributed by atoms with Crippen LogP contribution in [0.3, 0.4) is 0 Å². The molecule has 0 fully saturated rings. The Morgan fingerprint density at radius 2 is 1.56 bits per heavy atom. The van der Waals surface area contributed by atoms with E-state index in [0.717, 1.165) is 10.5 Å². The van der Waals surface area contributed by atoms with Crippen LogP contribution in [0.25, 0.3) is 0 Å². The number of hydrogen-bond acceptors (Lipinski definition) is 8. The van der Waals surface area contributed by atoms with E-state index in [0.29, 0.717) is 24.9 Å². The van der Waals surface area contributed by atoms with Crippen LogP contribution in [0, 0.1) is 5.92 Å². The molecule has 0 aliphatic carbocycles. The van der Waals surface area contributed by atoms with E-state index >= 15 is 0 Å². The fraction of sp³-hybridized carbons (Fsp3) is 0.483. The van der Waals surface area contributed by atoms with Crippen molar-refractivity contribution in [3.8, 4) is 0 Å². The summed E-state index contributed by atoms with van der Waals surface area (Å²) < 4.78 is 4.96. The van der Waals surface area contributed by atoms with Gasteiger partial charge in [-0.2, -0.15) is 0 Å². The molecule has 0 saturated carbocycles. The summed E-state index contributed by atoms with van der Waals surface area (Å²) in [5, 5.41) is 10.6. The maximum atomic E-state index is 13.3. The van der Waals surface area contributed by atoms with Crippen LogP contribution < -0.4 is 27.0 Å². The number of urea groups is 1. The first-order valence-electron chi connectivity index (χ1n) is 14.1. The van der Waals surface area contributed by atoms with E-state index in [1.165, 1.54) is 19.1 Å². The molecule has 43 heavy (non-hydrogen) atoms. The molecule has 0 aromatic heterocycles. The monoisotopic (exact) mass is 600 g/mol. The maximum absolute atomic E-state index is 13.3. The van der Waals surface area contributed by atoms with Gasteiger partial charge in [0.25, 0.3) is 11.8 Å². The SMILES string of the molecule is CC(=O)OCc1ccc(NC(=O)[C@H](CCCNC(N)=O)NC(=O)[C@@H](NC(=O)CCCCN2C(=O)C=CC2=O)C(C)C)cc1. The smallest absolute Gasteiger partial charge is 0.312 e. The molecule has 1 aromatic carbocycles. The molecule has 2 atom stereocenters. The van der Waals surface area contributed by atoms with Crippen LogP contribution in [0.1, 0.15) is 58.4 Å². The molecule has 0 spiro atoms. The van der Waals surface area contributed by atoms with Gasteiger partial charge in [0.2, 0.25) is 17.7 Å². The summed E-state index contributed by atoms with van der Waals surface area (Å²) in [5.74, 6) is -2.93. The van der Waals surface area contributed by atoms with Crippen molar-refractivity contribution in [2.24, 2.45) is 11.7 Å². The van der Waals surface area contributed by atoms with Crippen molar-refractivity contribution in [3.63, 3.8) is 0 Å². The average molecular weight is 601 g/mol. The highest BCUT2D eigenvalue weighted by molar-refractivity contribution is 6.12. The Morgan fingerprint density at radius 3 is 2.14 bits per heavy atom. The largest absolute Gasteiger partial charge is 0.461 e. The zero-order valence-corrected chi connectivity index (χ0v) is 24.6. The molecular weight excluding hydrogens is 560 g/mol. The highest BCUT2D eigenvalue weighted by Gasteiger charge is 2.29. The van der Waals surface area contributed by atoms with Gasteiger partial charge in [0.1, 0.15) is 18.7 Å². The van der Waals surface area contributed by atoms with Gasteiger partial charge < -0.3 is 31.7 Å². The number of amides is 7. The molecule has 0 unspecified atom stereocenters. The molecule has 2 rings (SSSR count). The molecule has 0 saturated heterocycles. The summed E-state index contributed by atoms with van der Waals surface area (Å²) >= 11 is 0. The number of hydrogen-bond donors (Lipinski definition) is 5. The van der Waals surface area contributed by atoms with E-state index in [9.17, 15) is 33.6 Å². The van der Waals surface area contributed by atoms with Crippen LogP contribution in [-0.4, -0.2) is 71.6 Å². The number of unbranched alkanes of at least 4 members (excludes halogenated alkanes) is 1. The number of anilines is 1. The first-order valence-corrected chi connectivity index (χ1v) is 14.1. The molecule has 7 amide bonds. The number of imide groups is 1. The summed E-state index contributed by atoms with van der Waals surface area (Å²) in [6.07, 6.45) is 3.81. The fourth-order valence-corrected chi connectivity index (χ4v) is 4.13. The third kappa shape index (κ3) is 12.3. The van der Waals surface area contributed by atoms with Gasteiger partial charge in [-0.25, -0.2) is 4.79 Å². The number of nitrogens with zero attached hydrogens (tertiary/aromatic N) is 1. The Balaban J connectivity index is 1.97. The van der Waals surface area contributed by atoms with Crippen molar-refractivity contribution in [2.45, 2.75) is 71.6 Å². The van der Waals surface area contributed by atoms with Gasteiger partial charge in [-0.05, 0) is 49.3 Å². The van der Waals surface area contributed by atoms with Crippen LogP contribution in [-0.2, 0) is 40.1 Å². The minimum absolute atomic E-state index is 0.0797. The van der Waals surface area contributed by atoms with Gasteiger partial charge in [-0.15, -0.1) is 0 Å². The Morgan fingerprint density at radius 1 is 0.907 bits per heavy atom. The molecule has 1 aliphatic rings. The third-order valence-electron chi connectivity index (χ3n) is 6.47. The number of carbonyl (C=O) groups is 7. The van der Waals surface area contributed by atoms with E-state index in [1.54, 1.807) is 38.1 Å². The lowest BCUT2D eigenvalue weighted by Gasteiger charge is -2.25. The summed E-state index contributed by atoms with van der Waals surface area (Å²) in [4.78, 5) is 85.5. The Kier molecular flexibility index (Phi) is 13.8. The first kappa shape index (κ1) is 34.5. The van der Waals surface area contributed by atoms with Crippen molar-refractivity contribution in [3.05, 3.63) is 42.0 Å². The van der Waals surface area contributed by atoms with Crippen LogP contribution in [0.4, 0.5) is 10.5 Å². The van der Waals surface area contributed by atoms with Crippen LogP contribution in [0.2, 0.25) is 0 Å². The standard InChI is InChI=1S/C29H40N6O8/c1-18(2)26(34-23(37)8-4-5-16-35-24(38)13-14-25(35)39)28(41)33-22(7-6-15-31-29(30)42)27(40)32-21-11-9-20(10-12-21)17-43-19(3)36/h9-14,18,22,26H,4-8,15-17H2,1-3H3,(H,32,40)(H,33,41)(H,34,37)(H3,30,31,42)/t22-,26-/m0/s1. The van der Waals surface area contributed by atoms with E-state index in [4.69, 9.17) is 10.5 Å². The van der Waals surface area contributed by atoms with Gasteiger partial charge in [0, 0.05) is 44.3 Å². The number of rotatable bonds is 17. The normalized spacial score (nSPS) is 13.8. The van der Waals surface area contributed by atoms with Crippen LogP contribution in [0.15, 0.2) is 36.4 Å². The summed E-state index contributed by atoms with van der Waals surface area (Å²) in [5.41, 5.74) is 6.28. The third-order valence-corrected chi connectivity index (χ3v) is 6.47. The topological polar surface area (TPSA) is 206 Å². The number of ether oxygens (including phenoxy) is 1. The van der Waals surface area contributed by atoms with Crippen LogP contribution in [0.5, 0.6) is 0 Å². The molecule has 1 aromatic rings. The highest BCUT2D eigenvalue weighted by Crippen LogP contribution is 2.13. The zero-order chi connectivity index (χ0) is 31.9.